The maximum absolute atomic E-state index is 8.98. The second-order valence-corrected chi connectivity index (χ2v) is 4.14. The number of hydrogen-bond donors (Lipinski definition) is 2. The van der Waals surface area contributed by atoms with Crippen LogP contribution in [-0.4, -0.2) is 24.3 Å². The van der Waals surface area contributed by atoms with E-state index in [2.05, 4.69) is 12.2 Å². The van der Waals surface area contributed by atoms with Gasteiger partial charge in [0.2, 0.25) is 0 Å². The molecule has 1 rings (SSSR count). The van der Waals surface area contributed by atoms with Crippen molar-refractivity contribution in [3.63, 3.8) is 0 Å². The second-order valence-electron chi connectivity index (χ2n) is 4.14. The van der Waals surface area contributed by atoms with Crippen LogP contribution in [0.4, 0.5) is 0 Å². The van der Waals surface area contributed by atoms with Crippen molar-refractivity contribution in [3.8, 4) is 0 Å². The highest BCUT2D eigenvalue weighted by Gasteiger charge is 2.30. The van der Waals surface area contributed by atoms with Gasteiger partial charge in [0, 0.05) is 13.1 Å². The summed E-state index contributed by atoms with van der Waals surface area (Å²) in [6, 6.07) is 0. The van der Waals surface area contributed by atoms with Gasteiger partial charge in [-0.3, -0.25) is 0 Å². The monoisotopic (exact) mass is 157 g/mol. The van der Waals surface area contributed by atoms with Gasteiger partial charge in [-0.25, -0.2) is 0 Å². The van der Waals surface area contributed by atoms with E-state index in [9.17, 15) is 0 Å². The van der Waals surface area contributed by atoms with Crippen LogP contribution in [0.5, 0.6) is 0 Å². The minimum absolute atomic E-state index is 0.210. The predicted octanol–water partition coefficient (Wildman–Crippen LogP) is 1.15. The first-order valence-corrected chi connectivity index (χ1v) is 4.51. The Balaban J connectivity index is 2.02. The Kier molecular flexibility index (Phi) is 2.90. The highest BCUT2D eigenvalue weighted by molar-refractivity contribution is 4.85. The number of hydrogen-bond acceptors (Lipinski definition) is 2. The van der Waals surface area contributed by atoms with Gasteiger partial charge in [0.25, 0.3) is 0 Å². The Morgan fingerprint density at radius 3 is 2.55 bits per heavy atom. The third-order valence-corrected chi connectivity index (χ3v) is 2.55. The molecule has 0 bridgehead atoms. The molecule has 0 aliphatic heterocycles. The highest BCUT2D eigenvalue weighted by Crippen LogP contribution is 2.39. The van der Waals surface area contributed by atoms with Crippen LogP contribution in [-0.2, 0) is 0 Å². The van der Waals surface area contributed by atoms with E-state index in [1.54, 1.807) is 0 Å². The summed E-state index contributed by atoms with van der Waals surface area (Å²) in [6.45, 7) is 5.93. The predicted molar refractivity (Wildman–Crippen MR) is 46.5 cm³/mol. The zero-order valence-corrected chi connectivity index (χ0v) is 7.56. The number of aliphatic hydroxyl groups is 1. The van der Waals surface area contributed by atoms with Gasteiger partial charge in [0.15, 0.2) is 0 Å². The summed E-state index contributed by atoms with van der Waals surface area (Å²) in [5, 5.41) is 12.3. The zero-order valence-electron chi connectivity index (χ0n) is 7.56. The molecule has 1 aliphatic rings. The molecular weight excluding hydrogens is 138 g/mol. The van der Waals surface area contributed by atoms with Gasteiger partial charge >= 0.3 is 0 Å². The first-order chi connectivity index (χ1) is 5.12. The standard InChI is InChI=1S/C9H19NO/c1-8(11)6-10-7-9(2)4-3-5-9/h8,10-11H,3-7H2,1-2H3/t8-/m1/s1. The van der Waals surface area contributed by atoms with E-state index in [0.717, 1.165) is 13.1 Å². The van der Waals surface area contributed by atoms with Gasteiger partial charge in [0.05, 0.1) is 6.10 Å². The quantitative estimate of drug-likeness (QED) is 0.641. The van der Waals surface area contributed by atoms with Crippen LogP contribution >= 0.6 is 0 Å². The van der Waals surface area contributed by atoms with Crippen LogP contribution in [0.15, 0.2) is 0 Å². The third kappa shape index (κ3) is 2.80. The summed E-state index contributed by atoms with van der Waals surface area (Å²) < 4.78 is 0. The smallest absolute Gasteiger partial charge is 0.0636 e. The zero-order chi connectivity index (χ0) is 8.32. The van der Waals surface area contributed by atoms with E-state index < -0.39 is 0 Å². The summed E-state index contributed by atoms with van der Waals surface area (Å²) in [7, 11) is 0. The summed E-state index contributed by atoms with van der Waals surface area (Å²) in [4.78, 5) is 0. The van der Waals surface area contributed by atoms with E-state index in [-0.39, 0.29) is 6.10 Å². The molecular formula is C9H19NO. The van der Waals surface area contributed by atoms with Gasteiger partial charge in [0.1, 0.15) is 0 Å². The highest BCUT2D eigenvalue weighted by atomic mass is 16.3. The maximum atomic E-state index is 8.98. The molecule has 1 fully saturated rings. The molecule has 2 nitrogen and oxygen atoms in total. The van der Waals surface area contributed by atoms with Crippen molar-refractivity contribution in [1.82, 2.24) is 5.32 Å². The van der Waals surface area contributed by atoms with Gasteiger partial charge in [-0.05, 0) is 25.2 Å². The minimum Gasteiger partial charge on any atom is -0.392 e. The normalized spacial score (nSPS) is 24.3. The number of rotatable bonds is 4. The van der Waals surface area contributed by atoms with Crippen molar-refractivity contribution in [3.05, 3.63) is 0 Å². The van der Waals surface area contributed by atoms with Gasteiger partial charge < -0.3 is 10.4 Å². The molecule has 0 amide bonds. The molecule has 0 saturated heterocycles. The second kappa shape index (κ2) is 3.55. The molecule has 0 aromatic rings. The Labute approximate surface area is 69.0 Å². The summed E-state index contributed by atoms with van der Waals surface area (Å²) >= 11 is 0. The lowest BCUT2D eigenvalue weighted by Gasteiger charge is -2.38. The summed E-state index contributed by atoms with van der Waals surface area (Å²) in [6.07, 6.45) is 3.87. The summed E-state index contributed by atoms with van der Waals surface area (Å²) in [5.74, 6) is 0. The van der Waals surface area contributed by atoms with Gasteiger partial charge in [-0.15, -0.1) is 0 Å². The largest absolute Gasteiger partial charge is 0.392 e. The lowest BCUT2D eigenvalue weighted by Crippen LogP contribution is -2.39. The molecule has 1 saturated carbocycles. The number of aliphatic hydroxyl groups excluding tert-OH is 1. The molecule has 2 N–H and O–H groups in total. The molecule has 0 heterocycles. The lowest BCUT2D eigenvalue weighted by atomic mass is 9.70. The van der Waals surface area contributed by atoms with Crippen LogP contribution in [0.2, 0.25) is 0 Å². The fourth-order valence-electron chi connectivity index (χ4n) is 1.54. The molecule has 0 spiro atoms. The fraction of sp³-hybridized carbons (Fsp3) is 1.00. The summed E-state index contributed by atoms with van der Waals surface area (Å²) in [5.41, 5.74) is 0.537. The van der Waals surface area contributed by atoms with Crippen molar-refractivity contribution in [2.45, 2.75) is 39.2 Å². The average Bonchev–Trinajstić information content (AvgIpc) is 1.83. The van der Waals surface area contributed by atoms with Gasteiger partial charge in [-0.1, -0.05) is 13.3 Å². The molecule has 1 aliphatic carbocycles. The topological polar surface area (TPSA) is 32.3 Å². The third-order valence-electron chi connectivity index (χ3n) is 2.55. The van der Waals surface area contributed by atoms with Crippen LogP contribution in [0.1, 0.15) is 33.1 Å². The van der Waals surface area contributed by atoms with Crippen molar-refractivity contribution in [2.75, 3.05) is 13.1 Å². The fourth-order valence-corrected chi connectivity index (χ4v) is 1.54. The molecule has 2 heteroatoms. The Morgan fingerprint density at radius 1 is 1.55 bits per heavy atom. The average molecular weight is 157 g/mol. The first kappa shape index (κ1) is 9.01. The molecule has 1 atom stereocenters. The molecule has 0 unspecified atom stereocenters. The Hall–Kier alpha value is -0.0800. The minimum atomic E-state index is -0.210. The SMILES string of the molecule is C[C@@H](O)CNCC1(C)CCC1. The van der Waals surface area contributed by atoms with Crippen LogP contribution in [0.3, 0.4) is 0 Å². The van der Waals surface area contributed by atoms with E-state index >= 15 is 0 Å². The van der Waals surface area contributed by atoms with E-state index in [1.165, 1.54) is 19.3 Å². The van der Waals surface area contributed by atoms with E-state index in [4.69, 9.17) is 5.11 Å². The van der Waals surface area contributed by atoms with Crippen molar-refractivity contribution < 1.29 is 5.11 Å². The lowest BCUT2D eigenvalue weighted by molar-refractivity contribution is 0.139. The molecule has 0 aromatic carbocycles. The molecule has 11 heavy (non-hydrogen) atoms. The van der Waals surface area contributed by atoms with Crippen molar-refractivity contribution >= 4 is 0 Å². The number of nitrogens with one attached hydrogen (secondary N) is 1. The maximum Gasteiger partial charge on any atom is 0.0636 e. The van der Waals surface area contributed by atoms with E-state index in [1.807, 2.05) is 6.92 Å². The Bertz CT molecular complexity index is 119. The van der Waals surface area contributed by atoms with Crippen LogP contribution in [0, 0.1) is 5.41 Å². The molecule has 66 valence electrons. The molecule has 0 radical (unpaired) electrons. The first-order valence-electron chi connectivity index (χ1n) is 4.51. The van der Waals surface area contributed by atoms with Crippen molar-refractivity contribution in [1.29, 1.82) is 0 Å². The van der Waals surface area contributed by atoms with E-state index in [0.29, 0.717) is 5.41 Å². The van der Waals surface area contributed by atoms with Crippen LogP contribution in [0.25, 0.3) is 0 Å². The Morgan fingerprint density at radius 2 is 2.18 bits per heavy atom. The molecule has 0 aromatic heterocycles. The van der Waals surface area contributed by atoms with Gasteiger partial charge in [-0.2, -0.15) is 0 Å². The van der Waals surface area contributed by atoms with Crippen molar-refractivity contribution in [2.24, 2.45) is 5.41 Å². The van der Waals surface area contributed by atoms with Crippen LogP contribution < -0.4 is 5.32 Å².